The monoisotopic (exact) mass is 378 g/mol. The number of carbonyl (C=O) groups is 2. The topological polar surface area (TPSA) is 60.8 Å². The first-order valence-corrected chi connectivity index (χ1v) is 8.86. The summed E-state index contributed by atoms with van der Waals surface area (Å²) >= 11 is 0. The van der Waals surface area contributed by atoms with Gasteiger partial charge in [-0.25, -0.2) is 9.36 Å². The fraction of sp³-hybridized carbons (Fsp3) is 0.182. The number of benzene rings is 2. The third kappa shape index (κ3) is 4.06. The first-order chi connectivity index (χ1) is 13.5. The lowest BCUT2D eigenvalue weighted by Crippen LogP contribution is -2.22. The van der Waals surface area contributed by atoms with Crippen LogP contribution in [0.1, 0.15) is 12.6 Å². The number of para-hydroxylation sites is 1. The summed E-state index contributed by atoms with van der Waals surface area (Å²) in [7, 11) is 1.71. The highest BCUT2D eigenvalue weighted by Crippen LogP contribution is 2.23. The summed E-state index contributed by atoms with van der Waals surface area (Å²) < 4.78 is 12.6. The van der Waals surface area contributed by atoms with E-state index in [1.165, 1.54) is 17.6 Å². The van der Waals surface area contributed by atoms with Crippen molar-refractivity contribution in [1.29, 1.82) is 0 Å². The van der Waals surface area contributed by atoms with Crippen molar-refractivity contribution in [3.8, 4) is 5.75 Å². The number of carbonyl (C=O) groups excluding carboxylic acids is 2. The maximum absolute atomic E-state index is 12.5. The molecule has 0 unspecified atom stereocenters. The van der Waals surface area contributed by atoms with Gasteiger partial charge >= 0.3 is 6.09 Å². The van der Waals surface area contributed by atoms with Gasteiger partial charge in [-0.2, -0.15) is 0 Å². The highest BCUT2D eigenvalue weighted by molar-refractivity contribution is 5.91. The van der Waals surface area contributed by atoms with Crippen LogP contribution in [0.4, 0.5) is 10.5 Å². The largest absolute Gasteiger partial charge is 0.487 e. The van der Waals surface area contributed by atoms with Gasteiger partial charge in [-0.15, -0.1) is 0 Å². The molecule has 1 aromatic heterocycles. The normalized spacial score (nSPS) is 10.5. The maximum Gasteiger partial charge on any atom is 0.419 e. The molecule has 6 nitrogen and oxygen atoms in total. The Hall–Kier alpha value is -3.54. The summed E-state index contributed by atoms with van der Waals surface area (Å²) in [5.41, 5.74) is 2.22. The molecule has 0 fully saturated rings. The van der Waals surface area contributed by atoms with Crippen molar-refractivity contribution in [2.24, 2.45) is 0 Å². The van der Waals surface area contributed by atoms with E-state index in [1.54, 1.807) is 24.1 Å². The minimum absolute atomic E-state index is 0.0452. The quantitative estimate of drug-likeness (QED) is 0.598. The number of amides is 1. The van der Waals surface area contributed by atoms with E-state index in [4.69, 9.17) is 9.47 Å². The van der Waals surface area contributed by atoms with Gasteiger partial charge < -0.3 is 14.4 Å². The zero-order valence-corrected chi connectivity index (χ0v) is 15.9. The van der Waals surface area contributed by atoms with Crippen molar-refractivity contribution >= 4 is 28.6 Å². The van der Waals surface area contributed by atoms with Crippen molar-refractivity contribution in [1.82, 2.24) is 4.57 Å². The standard InChI is InChI=1S/C22H22N2O4/c1-4-13-27-22(26)24-19(14-17-7-5-6-8-21(17)24)15-28-20-11-9-18(10-12-20)23(3)16(2)25/h4-12,14H,1,13,15H2,2-3H3. The van der Waals surface area contributed by atoms with Crippen LogP contribution in [-0.4, -0.2) is 30.2 Å². The molecule has 1 heterocycles. The second-order valence-electron chi connectivity index (χ2n) is 6.26. The zero-order valence-electron chi connectivity index (χ0n) is 15.9. The SMILES string of the molecule is C=CCOC(=O)n1c(COc2ccc(N(C)C(C)=O)cc2)cc2ccccc21. The van der Waals surface area contributed by atoms with Gasteiger partial charge in [0.1, 0.15) is 19.0 Å². The molecule has 0 saturated carbocycles. The van der Waals surface area contributed by atoms with Gasteiger partial charge in [-0.1, -0.05) is 30.9 Å². The fourth-order valence-corrected chi connectivity index (χ4v) is 2.83. The summed E-state index contributed by atoms with van der Waals surface area (Å²) in [4.78, 5) is 25.5. The third-order valence-corrected chi connectivity index (χ3v) is 4.38. The van der Waals surface area contributed by atoms with Gasteiger partial charge in [0.2, 0.25) is 5.91 Å². The fourth-order valence-electron chi connectivity index (χ4n) is 2.83. The van der Waals surface area contributed by atoms with Gasteiger partial charge in [0.25, 0.3) is 0 Å². The summed E-state index contributed by atoms with van der Waals surface area (Å²) in [6.07, 6.45) is 1.05. The second kappa shape index (κ2) is 8.43. The highest BCUT2D eigenvalue weighted by Gasteiger charge is 2.16. The number of aromatic nitrogens is 1. The van der Waals surface area contributed by atoms with Crippen molar-refractivity contribution in [2.45, 2.75) is 13.5 Å². The Labute approximate surface area is 163 Å². The summed E-state index contributed by atoms with van der Waals surface area (Å²) in [5, 5.41) is 0.926. The molecule has 6 heteroatoms. The summed E-state index contributed by atoms with van der Waals surface area (Å²) in [6.45, 7) is 5.41. The lowest BCUT2D eigenvalue weighted by molar-refractivity contribution is -0.116. The van der Waals surface area contributed by atoms with Gasteiger partial charge in [-0.05, 0) is 36.4 Å². The molecule has 28 heavy (non-hydrogen) atoms. The van der Waals surface area contributed by atoms with E-state index in [2.05, 4.69) is 6.58 Å². The van der Waals surface area contributed by atoms with Crippen LogP contribution in [0.25, 0.3) is 10.9 Å². The Morgan fingerprint density at radius 1 is 1.14 bits per heavy atom. The van der Waals surface area contributed by atoms with Crippen LogP contribution in [0.3, 0.4) is 0 Å². The van der Waals surface area contributed by atoms with Gasteiger partial charge in [-0.3, -0.25) is 4.79 Å². The van der Waals surface area contributed by atoms with E-state index >= 15 is 0 Å². The number of rotatable bonds is 6. The number of nitrogens with zero attached hydrogens (tertiary/aromatic N) is 2. The van der Waals surface area contributed by atoms with Crippen molar-refractivity contribution < 1.29 is 19.1 Å². The van der Waals surface area contributed by atoms with E-state index in [-0.39, 0.29) is 19.1 Å². The lowest BCUT2D eigenvalue weighted by Gasteiger charge is -2.15. The number of fused-ring (bicyclic) bond motifs is 1. The van der Waals surface area contributed by atoms with Crippen molar-refractivity contribution in [3.63, 3.8) is 0 Å². The molecular formula is C22H22N2O4. The van der Waals surface area contributed by atoms with Gasteiger partial charge in [0.05, 0.1) is 11.2 Å². The Kier molecular flexibility index (Phi) is 5.79. The van der Waals surface area contributed by atoms with E-state index in [9.17, 15) is 9.59 Å². The molecule has 0 saturated heterocycles. The predicted molar refractivity (Wildman–Crippen MR) is 109 cm³/mol. The molecule has 1 amide bonds. The molecule has 0 aliphatic carbocycles. The second-order valence-corrected chi connectivity index (χ2v) is 6.26. The van der Waals surface area contributed by atoms with E-state index in [1.807, 2.05) is 42.5 Å². The average molecular weight is 378 g/mol. The molecule has 3 rings (SSSR count). The van der Waals surface area contributed by atoms with E-state index < -0.39 is 6.09 Å². The minimum Gasteiger partial charge on any atom is -0.487 e. The molecule has 3 aromatic rings. The molecule has 0 spiro atoms. The van der Waals surface area contributed by atoms with E-state index in [0.29, 0.717) is 11.4 Å². The third-order valence-electron chi connectivity index (χ3n) is 4.38. The Morgan fingerprint density at radius 3 is 2.54 bits per heavy atom. The lowest BCUT2D eigenvalue weighted by atomic mass is 10.2. The molecule has 0 bridgehead atoms. The number of ether oxygens (including phenoxy) is 2. The van der Waals surface area contributed by atoms with Crippen LogP contribution < -0.4 is 9.64 Å². The summed E-state index contributed by atoms with van der Waals surface area (Å²) in [5.74, 6) is 0.591. The van der Waals surface area contributed by atoms with Gasteiger partial charge in [0, 0.05) is 25.0 Å². The van der Waals surface area contributed by atoms with Crippen LogP contribution in [0.2, 0.25) is 0 Å². The first kappa shape index (κ1) is 19.2. The number of anilines is 1. The average Bonchev–Trinajstić information content (AvgIpc) is 3.08. The van der Waals surface area contributed by atoms with Gasteiger partial charge in [0.15, 0.2) is 0 Å². The molecule has 0 aliphatic heterocycles. The maximum atomic E-state index is 12.5. The Morgan fingerprint density at radius 2 is 1.86 bits per heavy atom. The van der Waals surface area contributed by atoms with Crippen molar-refractivity contribution in [3.05, 3.63) is 72.9 Å². The van der Waals surface area contributed by atoms with Crippen molar-refractivity contribution in [2.75, 3.05) is 18.6 Å². The molecular weight excluding hydrogens is 356 g/mol. The molecule has 0 radical (unpaired) electrons. The van der Waals surface area contributed by atoms with E-state index in [0.717, 1.165) is 16.6 Å². The van der Waals surface area contributed by atoms with Crippen LogP contribution in [0, 0.1) is 0 Å². The minimum atomic E-state index is -0.474. The summed E-state index contributed by atoms with van der Waals surface area (Å²) in [6, 6.07) is 16.7. The first-order valence-electron chi connectivity index (χ1n) is 8.86. The molecule has 0 aliphatic rings. The smallest absolute Gasteiger partial charge is 0.419 e. The van der Waals surface area contributed by atoms with Crippen LogP contribution in [0.15, 0.2) is 67.3 Å². The number of hydrogen-bond acceptors (Lipinski definition) is 4. The molecule has 144 valence electrons. The molecule has 0 N–H and O–H groups in total. The van der Waals surface area contributed by atoms with Crippen LogP contribution in [-0.2, 0) is 16.1 Å². The van der Waals surface area contributed by atoms with Crippen LogP contribution in [0.5, 0.6) is 5.75 Å². The predicted octanol–water partition coefficient (Wildman–Crippen LogP) is 4.37. The zero-order chi connectivity index (χ0) is 20.1. The Balaban J connectivity index is 1.81. The molecule has 0 atom stereocenters. The number of hydrogen-bond donors (Lipinski definition) is 0. The Bertz CT molecular complexity index is 1010. The highest BCUT2D eigenvalue weighted by atomic mass is 16.5. The van der Waals surface area contributed by atoms with Crippen LogP contribution >= 0.6 is 0 Å². The molecule has 2 aromatic carbocycles.